The van der Waals surface area contributed by atoms with Crippen LogP contribution in [0, 0.1) is 0 Å². The molecule has 0 amide bonds. The van der Waals surface area contributed by atoms with Gasteiger partial charge in [0.05, 0.1) is 21.5 Å². The molecule has 0 aliphatic rings. The molecule has 2 aromatic carbocycles. The number of hydrogen-bond donors (Lipinski definition) is 1. The second kappa shape index (κ2) is 4.93. The van der Waals surface area contributed by atoms with Crippen LogP contribution < -0.4 is 0 Å². The highest BCUT2D eigenvalue weighted by Gasteiger charge is 2.12. The van der Waals surface area contributed by atoms with E-state index in [1.54, 1.807) is 12.1 Å². The Hall–Kier alpha value is -2.18. The van der Waals surface area contributed by atoms with Crippen LogP contribution >= 0.6 is 27.3 Å². The first-order valence-electron chi connectivity index (χ1n) is 6.53. The molecule has 2 heterocycles. The van der Waals surface area contributed by atoms with Gasteiger partial charge in [0.25, 0.3) is 0 Å². The van der Waals surface area contributed by atoms with Crippen LogP contribution in [0.2, 0.25) is 0 Å². The van der Waals surface area contributed by atoms with Crippen LogP contribution in [0.15, 0.2) is 53.1 Å². The molecule has 2 aromatic heterocycles. The monoisotopic (exact) mass is 372 g/mol. The summed E-state index contributed by atoms with van der Waals surface area (Å²) >= 11 is 4.96. The molecule has 0 saturated heterocycles. The number of thiazole rings is 1. The third-order valence-electron chi connectivity index (χ3n) is 3.46. The van der Waals surface area contributed by atoms with E-state index < -0.39 is 5.97 Å². The molecule has 0 saturated carbocycles. The minimum Gasteiger partial charge on any atom is -0.478 e. The molecule has 0 fully saturated rings. The third-order valence-corrected chi connectivity index (χ3v) is 4.97. The first-order valence-corrected chi connectivity index (χ1v) is 8.14. The van der Waals surface area contributed by atoms with Crippen molar-refractivity contribution in [2.45, 2.75) is 0 Å². The number of carboxylic acid groups (broad SMARTS) is 1. The fourth-order valence-electron chi connectivity index (χ4n) is 2.42. The average molecular weight is 373 g/mol. The predicted octanol–water partition coefficient (Wildman–Crippen LogP) is 4.68. The molecule has 4 nitrogen and oxygen atoms in total. The lowest BCUT2D eigenvalue weighted by Crippen LogP contribution is -1.94. The Kier molecular flexibility index (Phi) is 3.02. The summed E-state index contributed by atoms with van der Waals surface area (Å²) in [6.45, 7) is 0. The van der Waals surface area contributed by atoms with E-state index in [4.69, 9.17) is 5.11 Å². The molecule has 6 heteroatoms. The summed E-state index contributed by atoms with van der Waals surface area (Å²) < 4.78 is 3.93. The van der Waals surface area contributed by atoms with Crippen molar-refractivity contribution < 1.29 is 9.90 Å². The highest BCUT2D eigenvalue weighted by molar-refractivity contribution is 9.10. The number of rotatable bonds is 2. The van der Waals surface area contributed by atoms with E-state index in [2.05, 4.69) is 20.9 Å². The van der Waals surface area contributed by atoms with Gasteiger partial charge in [-0.15, -0.1) is 0 Å². The number of fused-ring (bicyclic) bond motifs is 3. The lowest BCUT2D eigenvalue weighted by molar-refractivity contribution is 0.0697. The van der Waals surface area contributed by atoms with E-state index in [-0.39, 0.29) is 0 Å². The zero-order chi connectivity index (χ0) is 15.3. The van der Waals surface area contributed by atoms with E-state index in [1.165, 1.54) is 11.3 Å². The van der Waals surface area contributed by atoms with E-state index in [9.17, 15) is 4.79 Å². The van der Waals surface area contributed by atoms with Crippen molar-refractivity contribution in [2.75, 3.05) is 0 Å². The molecule has 0 atom stereocenters. The molecule has 4 rings (SSSR count). The minimum atomic E-state index is -0.914. The van der Waals surface area contributed by atoms with Gasteiger partial charge in [-0.05, 0) is 30.3 Å². The highest BCUT2D eigenvalue weighted by atomic mass is 79.9. The van der Waals surface area contributed by atoms with Gasteiger partial charge in [0, 0.05) is 16.2 Å². The Morgan fingerprint density at radius 3 is 2.86 bits per heavy atom. The maximum Gasteiger partial charge on any atom is 0.335 e. The summed E-state index contributed by atoms with van der Waals surface area (Å²) in [5.74, 6) is -0.914. The molecule has 0 radical (unpaired) electrons. The van der Waals surface area contributed by atoms with Crippen LogP contribution in [0.4, 0.5) is 0 Å². The summed E-state index contributed by atoms with van der Waals surface area (Å²) in [4.78, 5) is 16.6. The predicted molar refractivity (Wildman–Crippen MR) is 90.7 cm³/mol. The first kappa shape index (κ1) is 13.5. The van der Waals surface area contributed by atoms with E-state index in [1.807, 2.05) is 40.9 Å². The van der Waals surface area contributed by atoms with Crippen molar-refractivity contribution in [1.82, 2.24) is 9.38 Å². The normalized spacial score (nSPS) is 11.3. The molecular formula is C16H9BrN2O2S. The van der Waals surface area contributed by atoms with E-state index >= 15 is 0 Å². The summed E-state index contributed by atoms with van der Waals surface area (Å²) in [6, 6.07) is 13.1. The Labute approximate surface area is 137 Å². The van der Waals surface area contributed by atoms with Crippen LogP contribution in [0.3, 0.4) is 0 Å². The Bertz CT molecular complexity index is 1040. The van der Waals surface area contributed by atoms with Crippen molar-refractivity contribution in [1.29, 1.82) is 0 Å². The quantitative estimate of drug-likeness (QED) is 0.555. The van der Waals surface area contributed by atoms with Gasteiger partial charge in [-0.25, -0.2) is 9.78 Å². The Morgan fingerprint density at radius 2 is 2.09 bits per heavy atom. The van der Waals surface area contributed by atoms with Gasteiger partial charge in [0.2, 0.25) is 0 Å². The fourth-order valence-corrected chi connectivity index (χ4v) is 3.87. The van der Waals surface area contributed by atoms with Gasteiger partial charge in [-0.1, -0.05) is 39.4 Å². The van der Waals surface area contributed by atoms with Gasteiger partial charge >= 0.3 is 5.97 Å². The van der Waals surface area contributed by atoms with Crippen molar-refractivity contribution >= 4 is 48.4 Å². The molecule has 1 N–H and O–H groups in total. The molecule has 4 aromatic rings. The number of carboxylic acids is 1. The van der Waals surface area contributed by atoms with Crippen molar-refractivity contribution in [2.24, 2.45) is 0 Å². The number of aromatic nitrogens is 2. The Balaban J connectivity index is 1.90. The SMILES string of the molecule is O=C(O)c1ccc2c(c1)sc1nc(-c3cccc(Br)c3)cn12. The van der Waals surface area contributed by atoms with Crippen molar-refractivity contribution in [3.05, 3.63) is 58.7 Å². The molecule has 108 valence electrons. The van der Waals surface area contributed by atoms with Crippen molar-refractivity contribution in [3.63, 3.8) is 0 Å². The summed E-state index contributed by atoms with van der Waals surface area (Å²) in [5.41, 5.74) is 3.21. The van der Waals surface area contributed by atoms with E-state index in [0.717, 1.165) is 30.9 Å². The molecule has 0 unspecified atom stereocenters. The van der Waals surface area contributed by atoms with Gasteiger partial charge in [-0.3, -0.25) is 4.40 Å². The maximum atomic E-state index is 11.0. The molecule has 0 spiro atoms. The highest BCUT2D eigenvalue weighted by Crippen LogP contribution is 2.30. The van der Waals surface area contributed by atoms with Crippen LogP contribution in [-0.4, -0.2) is 20.5 Å². The van der Waals surface area contributed by atoms with Crippen LogP contribution in [0.1, 0.15) is 10.4 Å². The second-order valence-corrected chi connectivity index (χ2v) is 6.80. The summed E-state index contributed by atoms with van der Waals surface area (Å²) in [7, 11) is 0. The summed E-state index contributed by atoms with van der Waals surface area (Å²) in [6.07, 6.45) is 1.98. The van der Waals surface area contributed by atoms with Gasteiger partial charge in [0.1, 0.15) is 0 Å². The third kappa shape index (κ3) is 2.12. The lowest BCUT2D eigenvalue weighted by Gasteiger charge is -1.97. The zero-order valence-corrected chi connectivity index (χ0v) is 13.6. The molecule has 0 bridgehead atoms. The number of aromatic carboxylic acids is 1. The number of carbonyl (C=O) groups is 1. The molecule has 22 heavy (non-hydrogen) atoms. The number of hydrogen-bond acceptors (Lipinski definition) is 3. The Morgan fingerprint density at radius 1 is 1.23 bits per heavy atom. The number of nitrogens with zero attached hydrogens (tertiary/aromatic N) is 2. The average Bonchev–Trinajstić information content (AvgIpc) is 3.03. The van der Waals surface area contributed by atoms with Gasteiger partial charge < -0.3 is 5.11 Å². The maximum absolute atomic E-state index is 11.0. The number of halogens is 1. The first-order chi connectivity index (χ1) is 10.6. The minimum absolute atomic E-state index is 0.296. The smallest absolute Gasteiger partial charge is 0.335 e. The van der Waals surface area contributed by atoms with Crippen LogP contribution in [-0.2, 0) is 0 Å². The van der Waals surface area contributed by atoms with Crippen molar-refractivity contribution in [3.8, 4) is 11.3 Å². The van der Waals surface area contributed by atoms with Crippen LogP contribution in [0.5, 0.6) is 0 Å². The molecule has 0 aliphatic carbocycles. The number of benzene rings is 2. The topological polar surface area (TPSA) is 54.6 Å². The zero-order valence-electron chi connectivity index (χ0n) is 11.2. The second-order valence-electron chi connectivity index (χ2n) is 4.88. The lowest BCUT2D eigenvalue weighted by atomic mass is 10.2. The van der Waals surface area contributed by atoms with E-state index in [0.29, 0.717) is 5.56 Å². The number of imidazole rings is 1. The fraction of sp³-hybridized carbons (Fsp3) is 0. The van der Waals surface area contributed by atoms with Gasteiger partial charge in [-0.2, -0.15) is 0 Å². The van der Waals surface area contributed by atoms with Crippen LogP contribution in [0.25, 0.3) is 26.4 Å². The summed E-state index contributed by atoms with van der Waals surface area (Å²) in [5, 5.41) is 9.07. The van der Waals surface area contributed by atoms with Gasteiger partial charge in [0.15, 0.2) is 4.96 Å². The largest absolute Gasteiger partial charge is 0.478 e. The standard InChI is InChI=1S/C16H9BrN2O2S/c17-11-3-1-2-9(6-11)12-8-19-13-5-4-10(15(20)21)7-14(13)22-16(19)18-12/h1-8H,(H,20,21). The molecular weight excluding hydrogens is 364 g/mol. The molecule has 0 aliphatic heterocycles.